The van der Waals surface area contributed by atoms with Gasteiger partial charge in [0, 0.05) is 31.3 Å². The lowest BCUT2D eigenvalue weighted by molar-refractivity contribution is -0.139. The number of rotatable bonds is 7. The molecule has 25 heavy (non-hydrogen) atoms. The first kappa shape index (κ1) is 16.7. The first-order valence-corrected chi connectivity index (χ1v) is 7.79. The smallest absolute Gasteiger partial charge is 0.336 e. The minimum Gasteiger partial charge on any atom is -0.391 e. The predicted molar refractivity (Wildman–Crippen MR) is 89.6 cm³/mol. The number of benzene rings is 1. The lowest BCUT2D eigenvalue weighted by atomic mass is 10.1. The monoisotopic (exact) mass is 342 g/mol. The van der Waals surface area contributed by atoms with Crippen LogP contribution in [-0.2, 0) is 16.0 Å². The molecule has 0 spiro atoms. The molecule has 0 aliphatic rings. The van der Waals surface area contributed by atoms with E-state index in [1.807, 2.05) is 18.2 Å². The Labute approximate surface area is 143 Å². The number of amides is 1. The number of imidazole rings is 2. The number of carbonyl (C=O) groups excluding carboxylic acids is 2. The number of aromatic nitrogens is 4. The van der Waals surface area contributed by atoms with Crippen LogP contribution in [-0.4, -0.2) is 44.4 Å². The fourth-order valence-corrected chi connectivity index (χ4v) is 2.35. The maximum Gasteiger partial charge on any atom is 0.336 e. The number of ether oxygens (including phenoxy) is 1. The second-order valence-electron chi connectivity index (χ2n) is 5.42. The van der Waals surface area contributed by atoms with Crippen molar-refractivity contribution in [3.63, 3.8) is 0 Å². The van der Waals surface area contributed by atoms with E-state index in [0.29, 0.717) is 11.2 Å². The molecule has 0 fully saturated rings. The summed E-state index contributed by atoms with van der Waals surface area (Å²) >= 11 is 0. The Morgan fingerprint density at radius 2 is 2.16 bits per heavy atom. The van der Waals surface area contributed by atoms with E-state index < -0.39 is 12.0 Å². The summed E-state index contributed by atoms with van der Waals surface area (Å²) in [4.78, 5) is 38.2. The van der Waals surface area contributed by atoms with E-state index >= 15 is 0 Å². The summed E-state index contributed by atoms with van der Waals surface area (Å²) in [6, 6.07) is 6.50. The molecule has 0 unspecified atom stereocenters. The third-order valence-corrected chi connectivity index (χ3v) is 3.53. The maximum atomic E-state index is 12.5. The van der Waals surface area contributed by atoms with Gasteiger partial charge in [-0.05, 0) is 12.1 Å². The number of aromatic amines is 2. The highest BCUT2D eigenvalue weighted by Crippen LogP contribution is 2.15. The average Bonchev–Trinajstić information content (AvgIpc) is 3.23. The fourth-order valence-electron chi connectivity index (χ4n) is 2.35. The summed E-state index contributed by atoms with van der Waals surface area (Å²) < 4.78 is 5.30. The van der Waals surface area contributed by atoms with Crippen molar-refractivity contribution in [2.24, 2.45) is 5.73 Å². The normalized spacial score (nSPS) is 12.0. The number of para-hydroxylation sites is 2. The number of hydrogen-bond acceptors (Lipinski definition) is 6. The Bertz CT molecular complexity index is 825. The molecule has 3 rings (SSSR count). The van der Waals surface area contributed by atoms with Gasteiger partial charge >= 0.3 is 12.0 Å². The van der Waals surface area contributed by atoms with Crippen molar-refractivity contribution in [1.29, 1.82) is 0 Å². The van der Waals surface area contributed by atoms with Crippen molar-refractivity contribution >= 4 is 22.9 Å². The Hall–Kier alpha value is -3.20. The number of H-pyrrole nitrogens is 2. The first-order valence-electron chi connectivity index (χ1n) is 7.79. The van der Waals surface area contributed by atoms with E-state index in [9.17, 15) is 9.59 Å². The molecule has 0 aliphatic carbocycles. The molecule has 130 valence electrons. The first-order chi connectivity index (χ1) is 12.2. The topological polar surface area (TPSA) is 139 Å². The van der Waals surface area contributed by atoms with Crippen LogP contribution in [0.1, 0.15) is 12.1 Å². The summed E-state index contributed by atoms with van der Waals surface area (Å²) in [5.41, 5.74) is 7.51. The molecular formula is C16H18N6O3. The summed E-state index contributed by atoms with van der Waals surface area (Å²) in [6.07, 6.45) is 3.42. The Balaban J connectivity index is 1.73. The van der Waals surface area contributed by atoms with Crippen molar-refractivity contribution in [2.45, 2.75) is 18.9 Å². The van der Waals surface area contributed by atoms with Crippen molar-refractivity contribution in [1.82, 2.24) is 25.3 Å². The Morgan fingerprint density at radius 1 is 1.32 bits per heavy atom. The SMILES string of the molecule is NCCC(=O)N[C@@H](Cc1cnc[nH]1)C(=O)Oc1nc2ccccc2[nH]1. The lowest BCUT2D eigenvalue weighted by Gasteiger charge is -2.15. The van der Waals surface area contributed by atoms with Gasteiger partial charge in [-0.15, -0.1) is 0 Å². The van der Waals surface area contributed by atoms with Gasteiger partial charge in [-0.1, -0.05) is 12.1 Å². The molecule has 0 saturated heterocycles. The van der Waals surface area contributed by atoms with Crippen LogP contribution in [0.2, 0.25) is 0 Å². The van der Waals surface area contributed by atoms with Crippen LogP contribution >= 0.6 is 0 Å². The Kier molecular flexibility index (Phi) is 5.05. The molecule has 1 amide bonds. The molecular weight excluding hydrogens is 324 g/mol. The zero-order valence-corrected chi connectivity index (χ0v) is 13.4. The van der Waals surface area contributed by atoms with E-state index in [4.69, 9.17) is 10.5 Å². The molecule has 0 radical (unpaired) electrons. The quantitative estimate of drug-likeness (QED) is 0.455. The van der Waals surface area contributed by atoms with Gasteiger partial charge in [-0.2, -0.15) is 4.98 Å². The highest BCUT2D eigenvalue weighted by atomic mass is 16.5. The summed E-state index contributed by atoms with van der Waals surface area (Å²) in [6.45, 7) is 0.196. The molecule has 5 N–H and O–H groups in total. The number of fused-ring (bicyclic) bond motifs is 1. The second-order valence-corrected chi connectivity index (χ2v) is 5.42. The molecule has 1 atom stereocenters. The van der Waals surface area contributed by atoms with Gasteiger partial charge in [0.1, 0.15) is 6.04 Å². The highest BCUT2D eigenvalue weighted by molar-refractivity contribution is 5.86. The summed E-state index contributed by atoms with van der Waals surface area (Å²) in [7, 11) is 0. The minimum absolute atomic E-state index is 0.0777. The number of hydrogen-bond donors (Lipinski definition) is 4. The standard InChI is InChI=1S/C16H18N6O3/c17-6-5-14(23)20-13(7-10-8-18-9-19-10)15(24)25-16-21-11-3-1-2-4-12(11)22-16/h1-4,8-9,13H,5-7,17H2,(H,18,19)(H,20,23)(H,21,22)/t13-/m0/s1. The van der Waals surface area contributed by atoms with E-state index in [1.54, 1.807) is 12.3 Å². The second kappa shape index (κ2) is 7.58. The van der Waals surface area contributed by atoms with Crippen LogP contribution < -0.4 is 15.8 Å². The Morgan fingerprint density at radius 3 is 2.88 bits per heavy atom. The van der Waals surface area contributed by atoms with Crippen LogP contribution in [0.3, 0.4) is 0 Å². The largest absolute Gasteiger partial charge is 0.391 e. The van der Waals surface area contributed by atoms with Crippen molar-refractivity contribution in [3.05, 3.63) is 42.5 Å². The number of nitrogens with zero attached hydrogens (tertiary/aromatic N) is 2. The van der Waals surface area contributed by atoms with Gasteiger partial charge < -0.3 is 25.8 Å². The zero-order valence-electron chi connectivity index (χ0n) is 13.4. The van der Waals surface area contributed by atoms with E-state index in [1.165, 1.54) is 6.33 Å². The summed E-state index contributed by atoms with van der Waals surface area (Å²) in [5.74, 6) is -0.951. The molecule has 0 aliphatic heterocycles. The van der Waals surface area contributed by atoms with E-state index in [0.717, 1.165) is 5.52 Å². The van der Waals surface area contributed by atoms with Crippen molar-refractivity contribution in [3.8, 4) is 6.01 Å². The molecule has 0 saturated carbocycles. The van der Waals surface area contributed by atoms with Crippen LogP contribution in [0.4, 0.5) is 0 Å². The van der Waals surface area contributed by atoms with Crippen molar-refractivity contribution < 1.29 is 14.3 Å². The van der Waals surface area contributed by atoms with Gasteiger partial charge in [0.05, 0.1) is 17.4 Å². The van der Waals surface area contributed by atoms with Crippen LogP contribution in [0, 0.1) is 0 Å². The van der Waals surface area contributed by atoms with Gasteiger partial charge in [0.15, 0.2) is 0 Å². The van der Waals surface area contributed by atoms with Crippen LogP contribution in [0.15, 0.2) is 36.8 Å². The number of esters is 1. The van der Waals surface area contributed by atoms with Gasteiger partial charge in [0.2, 0.25) is 5.91 Å². The average molecular weight is 342 g/mol. The number of carbonyl (C=O) groups is 2. The third kappa shape index (κ3) is 4.21. The van der Waals surface area contributed by atoms with Gasteiger partial charge in [0.25, 0.3) is 0 Å². The highest BCUT2D eigenvalue weighted by Gasteiger charge is 2.24. The number of nitrogens with two attached hydrogens (primary N) is 1. The molecule has 3 aromatic rings. The fraction of sp³-hybridized carbons (Fsp3) is 0.250. The van der Waals surface area contributed by atoms with E-state index in [-0.39, 0.29) is 31.3 Å². The molecule has 2 aromatic heterocycles. The van der Waals surface area contributed by atoms with Gasteiger partial charge in [-0.25, -0.2) is 9.78 Å². The zero-order chi connectivity index (χ0) is 17.6. The molecule has 2 heterocycles. The maximum absolute atomic E-state index is 12.5. The lowest BCUT2D eigenvalue weighted by Crippen LogP contribution is -2.45. The predicted octanol–water partition coefficient (Wildman–Crippen LogP) is 0.268. The van der Waals surface area contributed by atoms with Crippen LogP contribution in [0.25, 0.3) is 11.0 Å². The third-order valence-electron chi connectivity index (χ3n) is 3.53. The van der Waals surface area contributed by atoms with Crippen LogP contribution in [0.5, 0.6) is 6.01 Å². The number of nitrogens with one attached hydrogen (secondary N) is 3. The molecule has 1 aromatic carbocycles. The molecule has 9 heteroatoms. The molecule has 0 bridgehead atoms. The van der Waals surface area contributed by atoms with Gasteiger partial charge in [-0.3, -0.25) is 4.79 Å². The summed E-state index contributed by atoms with van der Waals surface area (Å²) in [5, 5.41) is 2.63. The minimum atomic E-state index is -0.882. The van der Waals surface area contributed by atoms with Crippen molar-refractivity contribution in [2.75, 3.05) is 6.54 Å². The van der Waals surface area contributed by atoms with E-state index in [2.05, 4.69) is 25.3 Å². The molecule has 9 nitrogen and oxygen atoms in total.